The Labute approximate surface area is 223 Å². The van der Waals surface area contributed by atoms with Crippen LogP contribution in [0.25, 0.3) is 6.08 Å². The summed E-state index contributed by atoms with van der Waals surface area (Å²) in [6.45, 7) is 2.92. The fraction of sp³-hybridized carbons (Fsp3) is 0.143. The van der Waals surface area contributed by atoms with E-state index in [1.54, 1.807) is 42.5 Å². The Morgan fingerprint density at radius 2 is 1.72 bits per heavy atom. The minimum atomic E-state index is -0.830. The summed E-state index contributed by atoms with van der Waals surface area (Å²) in [5, 5.41) is 29.8. The van der Waals surface area contributed by atoms with Gasteiger partial charge in [0, 0.05) is 18.1 Å². The zero-order valence-corrected chi connectivity index (χ0v) is 21.2. The fourth-order valence-corrected chi connectivity index (χ4v) is 3.39. The van der Waals surface area contributed by atoms with E-state index in [0.29, 0.717) is 11.3 Å². The highest BCUT2D eigenvalue weighted by Gasteiger charge is 2.20. The number of esters is 1. The van der Waals surface area contributed by atoms with Crippen LogP contribution in [-0.4, -0.2) is 42.6 Å². The molecular weight excluding hydrogens is 506 g/mol. The second-order valence-corrected chi connectivity index (χ2v) is 7.92. The molecule has 39 heavy (non-hydrogen) atoms. The topological polar surface area (TPSA) is 150 Å². The standard InChI is InChI=1S/C28H25N3O8/c1-4-18-9-11-19(12-10-18)28(34)39-17-24(33)27(23(32)15-20-7-5-6-8-25(20)37-2)30-29-22-14-13-21(31(35)36)16-26(22)38-3/h4-14,16,32H,1,15,17H2,2-3H3. The number of ether oxygens (including phenoxy) is 3. The number of rotatable bonds is 12. The number of azo groups is 1. The molecule has 0 saturated carbocycles. The number of aliphatic hydroxyl groups is 1. The third kappa shape index (κ3) is 7.35. The number of para-hydroxylation sites is 1. The minimum Gasteiger partial charge on any atom is -0.509 e. The summed E-state index contributed by atoms with van der Waals surface area (Å²) >= 11 is 0. The second kappa shape index (κ2) is 13.3. The Hall–Kier alpha value is -5.32. The molecule has 0 bridgehead atoms. The molecule has 0 saturated heterocycles. The van der Waals surface area contributed by atoms with Gasteiger partial charge in [0.25, 0.3) is 5.69 Å². The first kappa shape index (κ1) is 28.3. The van der Waals surface area contributed by atoms with Crippen molar-refractivity contribution in [2.75, 3.05) is 20.8 Å². The predicted molar refractivity (Wildman–Crippen MR) is 142 cm³/mol. The summed E-state index contributed by atoms with van der Waals surface area (Å²) in [5.74, 6) is -1.54. The van der Waals surface area contributed by atoms with Crippen molar-refractivity contribution < 1.29 is 33.8 Å². The SMILES string of the molecule is C=Cc1ccc(C(=O)OCC(=O)C(N=Nc2ccc([N+](=O)[O-])cc2OC)=C(O)Cc2ccccc2OC)cc1. The third-order valence-corrected chi connectivity index (χ3v) is 5.44. The maximum absolute atomic E-state index is 13.1. The van der Waals surface area contributed by atoms with Crippen molar-refractivity contribution in [3.05, 3.63) is 112 Å². The molecule has 0 radical (unpaired) electrons. The van der Waals surface area contributed by atoms with Crippen LogP contribution in [0.5, 0.6) is 11.5 Å². The van der Waals surface area contributed by atoms with Gasteiger partial charge in [0.2, 0.25) is 5.78 Å². The molecule has 0 fully saturated rings. The number of non-ortho nitro benzene ring substituents is 1. The van der Waals surface area contributed by atoms with Crippen molar-refractivity contribution in [1.29, 1.82) is 0 Å². The van der Waals surface area contributed by atoms with Gasteiger partial charge in [-0.3, -0.25) is 14.9 Å². The molecule has 0 unspecified atom stereocenters. The highest BCUT2D eigenvalue weighted by molar-refractivity contribution is 5.99. The molecule has 3 aromatic carbocycles. The van der Waals surface area contributed by atoms with Crippen LogP contribution in [0.4, 0.5) is 11.4 Å². The molecule has 0 spiro atoms. The van der Waals surface area contributed by atoms with E-state index in [4.69, 9.17) is 14.2 Å². The van der Waals surface area contributed by atoms with E-state index < -0.39 is 34.7 Å². The molecule has 200 valence electrons. The zero-order chi connectivity index (χ0) is 28.4. The lowest BCUT2D eigenvalue weighted by Gasteiger charge is -2.10. The minimum absolute atomic E-state index is 0.0263. The normalized spacial score (nSPS) is 11.4. The summed E-state index contributed by atoms with van der Waals surface area (Å²) in [7, 11) is 2.76. The first-order chi connectivity index (χ1) is 18.8. The number of ketones is 1. The van der Waals surface area contributed by atoms with Crippen LogP contribution in [0, 0.1) is 10.1 Å². The molecule has 0 atom stereocenters. The number of hydrogen-bond acceptors (Lipinski definition) is 10. The molecule has 0 aliphatic heterocycles. The molecule has 0 amide bonds. The Morgan fingerprint density at radius 1 is 1.03 bits per heavy atom. The lowest BCUT2D eigenvalue weighted by molar-refractivity contribution is -0.384. The number of aliphatic hydroxyl groups excluding tert-OH is 1. The Bertz CT molecular complexity index is 1450. The van der Waals surface area contributed by atoms with Crippen molar-refractivity contribution >= 4 is 29.2 Å². The first-order valence-electron chi connectivity index (χ1n) is 11.5. The van der Waals surface area contributed by atoms with Crippen LogP contribution in [-0.2, 0) is 16.0 Å². The van der Waals surface area contributed by atoms with Crippen LogP contribution in [0.15, 0.2) is 95.0 Å². The Morgan fingerprint density at radius 3 is 2.36 bits per heavy atom. The number of allylic oxidation sites excluding steroid dienone is 1. The number of hydrogen-bond donors (Lipinski definition) is 1. The van der Waals surface area contributed by atoms with Gasteiger partial charge in [0.1, 0.15) is 17.2 Å². The van der Waals surface area contributed by atoms with E-state index in [1.807, 2.05) is 0 Å². The average Bonchev–Trinajstić information content (AvgIpc) is 2.96. The van der Waals surface area contributed by atoms with E-state index in [1.165, 1.54) is 38.5 Å². The fourth-order valence-electron chi connectivity index (χ4n) is 3.39. The largest absolute Gasteiger partial charge is 0.509 e. The van der Waals surface area contributed by atoms with Crippen LogP contribution >= 0.6 is 0 Å². The quantitative estimate of drug-likeness (QED) is 0.0772. The monoisotopic (exact) mass is 531 g/mol. The van der Waals surface area contributed by atoms with E-state index in [0.717, 1.165) is 11.6 Å². The summed E-state index contributed by atoms with van der Waals surface area (Å²) in [5.41, 5.74) is 0.939. The molecule has 0 aliphatic carbocycles. The predicted octanol–water partition coefficient (Wildman–Crippen LogP) is 5.78. The van der Waals surface area contributed by atoms with E-state index in [-0.39, 0.29) is 29.1 Å². The lowest BCUT2D eigenvalue weighted by Crippen LogP contribution is -2.17. The lowest BCUT2D eigenvalue weighted by atomic mass is 10.1. The number of methoxy groups -OCH3 is 2. The number of nitro groups is 1. The average molecular weight is 532 g/mol. The van der Waals surface area contributed by atoms with Gasteiger partial charge in [0.15, 0.2) is 18.1 Å². The first-order valence-corrected chi connectivity index (χ1v) is 11.5. The number of Topliss-reactive ketones (excluding diaryl/α,β-unsaturated/α-hetero) is 1. The summed E-state index contributed by atoms with van der Waals surface area (Å²) in [4.78, 5) is 36.0. The van der Waals surface area contributed by atoms with E-state index in [9.17, 15) is 24.8 Å². The Balaban J connectivity index is 1.91. The number of nitrogens with zero attached hydrogens (tertiary/aromatic N) is 3. The van der Waals surface area contributed by atoms with Crippen LogP contribution < -0.4 is 9.47 Å². The van der Waals surface area contributed by atoms with Crippen molar-refractivity contribution in [3.63, 3.8) is 0 Å². The number of carbonyl (C=O) groups excluding carboxylic acids is 2. The smallest absolute Gasteiger partial charge is 0.338 e. The van der Waals surface area contributed by atoms with Gasteiger partial charge in [-0.25, -0.2) is 4.79 Å². The van der Waals surface area contributed by atoms with E-state index >= 15 is 0 Å². The maximum Gasteiger partial charge on any atom is 0.338 e. The molecular formula is C28H25N3O8. The zero-order valence-electron chi connectivity index (χ0n) is 21.2. The maximum atomic E-state index is 13.1. The molecule has 11 heteroatoms. The van der Waals surface area contributed by atoms with Gasteiger partial charge >= 0.3 is 5.97 Å². The van der Waals surface area contributed by atoms with Gasteiger partial charge in [-0.05, 0) is 29.8 Å². The van der Waals surface area contributed by atoms with Gasteiger partial charge in [-0.15, -0.1) is 10.2 Å². The highest BCUT2D eigenvalue weighted by Crippen LogP contribution is 2.32. The van der Waals surface area contributed by atoms with Crippen molar-refractivity contribution in [1.82, 2.24) is 0 Å². The van der Waals surface area contributed by atoms with Crippen molar-refractivity contribution in [3.8, 4) is 11.5 Å². The van der Waals surface area contributed by atoms with Gasteiger partial charge in [0.05, 0.1) is 30.8 Å². The van der Waals surface area contributed by atoms with Crippen LogP contribution in [0.1, 0.15) is 21.5 Å². The molecule has 3 rings (SSSR count). The van der Waals surface area contributed by atoms with Gasteiger partial charge in [-0.1, -0.05) is 43.0 Å². The van der Waals surface area contributed by atoms with Gasteiger partial charge < -0.3 is 19.3 Å². The Kier molecular flexibility index (Phi) is 9.63. The van der Waals surface area contributed by atoms with Crippen molar-refractivity contribution in [2.24, 2.45) is 10.2 Å². The molecule has 0 heterocycles. The molecule has 0 aliphatic rings. The van der Waals surface area contributed by atoms with Crippen LogP contribution in [0.2, 0.25) is 0 Å². The van der Waals surface area contributed by atoms with E-state index in [2.05, 4.69) is 16.8 Å². The summed E-state index contributed by atoms with van der Waals surface area (Å²) in [6.07, 6.45) is 1.48. The second-order valence-electron chi connectivity index (χ2n) is 7.92. The molecule has 3 aromatic rings. The third-order valence-electron chi connectivity index (χ3n) is 5.44. The number of benzene rings is 3. The molecule has 11 nitrogen and oxygen atoms in total. The van der Waals surface area contributed by atoms with Gasteiger partial charge in [-0.2, -0.15) is 0 Å². The molecule has 0 aromatic heterocycles. The number of nitro benzene ring substituents is 1. The molecule has 1 N–H and O–H groups in total. The van der Waals surface area contributed by atoms with Crippen LogP contribution in [0.3, 0.4) is 0 Å². The van der Waals surface area contributed by atoms with Crippen molar-refractivity contribution in [2.45, 2.75) is 6.42 Å². The number of carbonyl (C=O) groups is 2. The highest BCUT2D eigenvalue weighted by atomic mass is 16.6. The summed E-state index contributed by atoms with van der Waals surface area (Å²) < 4.78 is 15.6. The summed E-state index contributed by atoms with van der Waals surface area (Å²) in [6, 6.07) is 16.9.